The van der Waals surface area contributed by atoms with E-state index in [1.807, 2.05) is 17.6 Å². The normalized spacial score (nSPS) is 11.7. The number of halogens is 1. The molecule has 0 radical (unpaired) electrons. The van der Waals surface area contributed by atoms with Crippen molar-refractivity contribution in [2.24, 2.45) is 4.99 Å². The van der Waals surface area contributed by atoms with Gasteiger partial charge in [0.1, 0.15) is 5.82 Å². The van der Waals surface area contributed by atoms with E-state index in [1.54, 1.807) is 19.1 Å². The van der Waals surface area contributed by atoms with Gasteiger partial charge in [0.25, 0.3) is 5.91 Å². The van der Waals surface area contributed by atoms with Gasteiger partial charge in [-0.2, -0.15) is 4.99 Å². The second kappa shape index (κ2) is 7.61. The van der Waals surface area contributed by atoms with Crippen LogP contribution in [0, 0.1) is 5.82 Å². The van der Waals surface area contributed by atoms with Crippen molar-refractivity contribution >= 4 is 33.4 Å². The average Bonchev–Trinajstić information content (AvgIpc) is 2.97. The Hall–Kier alpha value is -2.80. The van der Waals surface area contributed by atoms with Crippen molar-refractivity contribution in [1.82, 2.24) is 4.57 Å². The van der Waals surface area contributed by atoms with Crippen LogP contribution in [0.3, 0.4) is 0 Å². The van der Waals surface area contributed by atoms with Crippen molar-refractivity contribution in [3.05, 3.63) is 64.2 Å². The van der Waals surface area contributed by atoms with Gasteiger partial charge in [-0.25, -0.2) is 9.18 Å². The molecule has 1 amide bonds. The van der Waals surface area contributed by atoms with Crippen molar-refractivity contribution in [3.8, 4) is 0 Å². The van der Waals surface area contributed by atoms with Crippen LogP contribution >= 0.6 is 11.3 Å². The molecule has 1 heterocycles. The first-order valence-corrected chi connectivity index (χ1v) is 9.00. The number of hydrogen-bond acceptors (Lipinski definition) is 4. The highest BCUT2D eigenvalue weighted by Gasteiger charge is 2.12. The van der Waals surface area contributed by atoms with Gasteiger partial charge in [-0.3, -0.25) is 4.79 Å². The Morgan fingerprint density at radius 3 is 2.65 bits per heavy atom. The summed E-state index contributed by atoms with van der Waals surface area (Å²) >= 11 is 1.30. The molecule has 134 valence electrons. The van der Waals surface area contributed by atoms with Crippen molar-refractivity contribution in [1.29, 1.82) is 0 Å². The molecule has 0 atom stereocenters. The lowest BCUT2D eigenvalue weighted by molar-refractivity contribution is 0.0526. The molecular formula is C19H17FN2O3S. The number of aryl methyl sites for hydroxylation is 1. The van der Waals surface area contributed by atoms with Gasteiger partial charge in [0, 0.05) is 12.1 Å². The van der Waals surface area contributed by atoms with Crippen molar-refractivity contribution in [2.75, 3.05) is 6.61 Å². The van der Waals surface area contributed by atoms with Crippen LogP contribution in [-0.2, 0) is 11.3 Å². The summed E-state index contributed by atoms with van der Waals surface area (Å²) in [5.74, 6) is -1.38. The van der Waals surface area contributed by atoms with Gasteiger partial charge >= 0.3 is 5.97 Å². The second-order valence-corrected chi connectivity index (χ2v) is 6.47. The van der Waals surface area contributed by atoms with Gasteiger partial charge < -0.3 is 9.30 Å². The van der Waals surface area contributed by atoms with E-state index in [9.17, 15) is 14.0 Å². The Balaban J connectivity index is 2.07. The van der Waals surface area contributed by atoms with E-state index >= 15 is 0 Å². The highest BCUT2D eigenvalue weighted by molar-refractivity contribution is 7.16. The highest BCUT2D eigenvalue weighted by Crippen LogP contribution is 2.20. The van der Waals surface area contributed by atoms with Crippen LogP contribution in [0.1, 0.15) is 34.6 Å². The average molecular weight is 372 g/mol. The molecule has 0 N–H and O–H groups in total. The maximum atomic E-state index is 13.3. The summed E-state index contributed by atoms with van der Waals surface area (Å²) in [6.45, 7) is 4.60. The zero-order chi connectivity index (χ0) is 18.7. The fourth-order valence-electron chi connectivity index (χ4n) is 2.58. The zero-order valence-corrected chi connectivity index (χ0v) is 15.2. The number of hydrogen-bond donors (Lipinski definition) is 0. The molecule has 0 spiro atoms. The molecule has 2 aromatic carbocycles. The van der Waals surface area contributed by atoms with Gasteiger partial charge in [-0.1, -0.05) is 17.4 Å². The lowest BCUT2D eigenvalue weighted by atomic mass is 10.2. The number of thiazole rings is 1. The molecule has 3 rings (SSSR count). The molecule has 3 aromatic rings. The van der Waals surface area contributed by atoms with Gasteiger partial charge in [-0.15, -0.1) is 0 Å². The summed E-state index contributed by atoms with van der Waals surface area (Å²) in [6.07, 6.45) is 0. The van der Waals surface area contributed by atoms with Gasteiger partial charge in [0.15, 0.2) is 4.80 Å². The van der Waals surface area contributed by atoms with Crippen molar-refractivity contribution < 1.29 is 18.7 Å². The monoisotopic (exact) mass is 372 g/mol. The lowest BCUT2D eigenvalue weighted by Crippen LogP contribution is -2.16. The standard InChI is InChI=1S/C19H17FN2O3S/c1-3-22-15-9-8-13(18(24)25-4-2)11-16(15)26-19(22)21-17(23)12-6-5-7-14(20)10-12/h5-11H,3-4H2,1-2H3. The molecule has 1 aromatic heterocycles. The molecule has 0 bridgehead atoms. The van der Waals surface area contributed by atoms with E-state index in [0.29, 0.717) is 23.5 Å². The van der Waals surface area contributed by atoms with Crippen LogP contribution in [0.15, 0.2) is 47.5 Å². The Bertz CT molecular complexity index is 1050. The number of carbonyl (C=O) groups is 2. The number of ether oxygens (including phenoxy) is 1. The number of benzene rings is 2. The van der Waals surface area contributed by atoms with Crippen molar-refractivity contribution in [2.45, 2.75) is 20.4 Å². The van der Waals surface area contributed by atoms with Gasteiger partial charge in [-0.05, 0) is 50.2 Å². The molecule has 7 heteroatoms. The fraction of sp³-hybridized carbons (Fsp3) is 0.211. The number of carbonyl (C=O) groups excluding carboxylic acids is 2. The Kier molecular flexibility index (Phi) is 5.27. The first-order valence-electron chi connectivity index (χ1n) is 8.18. The molecule has 26 heavy (non-hydrogen) atoms. The minimum atomic E-state index is -0.510. The number of nitrogens with zero attached hydrogens (tertiary/aromatic N) is 2. The van der Waals surface area contributed by atoms with Gasteiger partial charge in [0.2, 0.25) is 0 Å². The van der Waals surface area contributed by atoms with Crippen LogP contribution < -0.4 is 4.80 Å². The smallest absolute Gasteiger partial charge is 0.338 e. The summed E-state index contributed by atoms with van der Waals surface area (Å²) < 4.78 is 21.0. The molecule has 0 unspecified atom stereocenters. The summed E-state index contributed by atoms with van der Waals surface area (Å²) in [6, 6.07) is 10.7. The van der Waals surface area contributed by atoms with E-state index in [2.05, 4.69) is 4.99 Å². The number of rotatable bonds is 4. The maximum Gasteiger partial charge on any atom is 0.338 e. The summed E-state index contributed by atoms with van der Waals surface area (Å²) in [4.78, 5) is 28.9. The predicted molar refractivity (Wildman–Crippen MR) is 97.7 cm³/mol. The Morgan fingerprint density at radius 1 is 1.15 bits per heavy atom. The van der Waals surface area contributed by atoms with E-state index in [0.717, 1.165) is 16.3 Å². The van der Waals surface area contributed by atoms with Crippen molar-refractivity contribution in [3.63, 3.8) is 0 Å². The Labute approximate surface area is 153 Å². The van der Waals surface area contributed by atoms with E-state index in [-0.39, 0.29) is 11.5 Å². The fourth-order valence-corrected chi connectivity index (χ4v) is 3.71. The predicted octanol–water partition coefficient (Wildman–Crippen LogP) is 3.78. The largest absolute Gasteiger partial charge is 0.462 e. The molecule has 0 saturated carbocycles. The van der Waals surface area contributed by atoms with Crippen LogP contribution in [-0.4, -0.2) is 23.1 Å². The molecule has 5 nitrogen and oxygen atoms in total. The summed E-state index contributed by atoms with van der Waals surface area (Å²) in [7, 11) is 0. The number of aromatic nitrogens is 1. The maximum absolute atomic E-state index is 13.3. The molecule has 0 aliphatic rings. The SMILES string of the molecule is CCOC(=O)c1ccc2c(c1)sc(=NC(=O)c1cccc(F)c1)n2CC. The van der Waals surface area contributed by atoms with E-state index in [1.165, 1.54) is 29.5 Å². The van der Waals surface area contributed by atoms with E-state index in [4.69, 9.17) is 4.74 Å². The number of esters is 1. The second-order valence-electron chi connectivity index (χ2n) is 5.46. The first-order chi connectivity index (χ1) is 12.5. The first kappa shape index (κ1) is 18.0. The summed E-state index contributed by atoms with van der Waals surface area (Å²) in [5, 5.41) is 0. The third-order valence-electron chi connectivity index (χ3n) is 3.78. The number of amides is 1. The van der Waals surface area contributed by atoms with Gasteiger partial charge in [0.05, 0.1) is 22.4 Å². The van der Waals surface area contributed by atoms with Crippen LogP contribution in [0.5, 0.6) is 0 Å². The zero-order valence-electron chi connectivity index (χ0n) is 14.4. The molecule has 0 saturated heterocycles. The van der Waals surface area contributed by atoms with Crippen LogP contribution in [0.25, 0.3) is 10.2 Å². The topological polar surface area (TPSA) is 60.7 Å². The third-order valence-corrected chi connectivity index (χ3v) is 4.82. The van der Waals surface area contributed by atoms with Crippen LogP contribution in [0.4, 0.5) is 4.39 Å². The quantitative estimate of drug-likeness (QED) is 0.655. The third kappa shape index (κ3) is 3.57. The highest BCUT2D eigenvalue weighted by atomic mass is 32.1. The molecule has 0 fully saturated rings. The number of fused-ring (bicyclic) bond motifs is 1. The minimum Gasteiger partial charge on any atom is -0.462 e. The molecule has 0 aliphatic heterocycles. The Morgan fingerprint density at radius 2 is 1.96 bits per heavy atom. The minimum absolute atomic E-state index is 0.192. The summed E-state index contributed by atoms with van der Waals surface area (Å²) in [5.41, 5.74) is 1.51. The molecular weight excluding hydrogens is 355 g/mol. The van der Waals surface area contributed by atoms with Crippen LogP contribution in [0.2, 0.25) is 0 Å². The molecule has 0 aliphatic carbocycles. The van der Waals surface area contributed by atoms with E-state index < -0.39 is 11.7 Å². The lowest BCUT2D eigenvalue weighted by Gasteiger charge is -2.03.